The molecule has 134 valence electrons. The molecule has 2 aromatic carbocycles. The molecule has 0 radical (unpaired) electrons. The Morgan fingerprint density at radius 3 is 2.58 bits per heavy atom. The number of carbonyl (C=O) groups is 2. The van der Waals surface area contributed by atoms with E-state index < -0.39 is 0 Å². The van der Waals surface area contributed by atoms with E-state index in [4.69, 9.17) is 9.47 Å². The van der Waals surface area contributed by atoms with Crippen molar-refractivity contribution in [2.24, 2.45) is 0 Å². The smallest absolute Gasteiger partial charge is 0.251 e. The zero-order valence-electron chi connectivity index (χ0n) is 14.5. The Kier molecular flexibility index (Phi) is 4.24. The number of hydrogen-bond acceptors (Lipinski definition) is 4. The largest absolute Gasteiger partial charge is 0.486 e. The van der Waals surface area contributed by atoms with Crippen molar-refractivity contribution in [3.8, 4) is 11.5 Å². The van der Waals surface area contributed by atoms with E-state index in [2.05, 4.69) is 5.32 Å². The molecule has 0 bridgehead atoms. The molecule has 2 amide bonds. The molecule has 1 atom stereocenters. The monoisotopic (exact) mass is 352 g/mol. The zero-order valence-corrected chi connectivity index (χ0v) is 14.5. The summed E-state index contributed by atoms with van der Waals surface area (Å²) in [5.41, 5.74) is 2.45. The molecule has 2 heterocycles. The Bertz CT molecular complexity index is 847. The van der Waals surface area contributed by atoms with Crippen LogP contribution < -0.4 is 19.7 Å². The summed E-state index contributed by atoms with van der Waals surface area (Å²) in [6.45, 7) is 3.44. The van der Waals surface area contributed by atoms with Gasteiger partial charge in [-0.15, -0.1) is 0 Å². The van der Waals surface area contributed by atoms with Crippen molar-refractivity contribution >= 4 is 17.5 Å². The number of hydrogen-bond donors (Lipinski definition) is 1. The van der Waals surface area contributed by atoms with Gasteiger partial charge in [0.15, 0.2) is 11.5 Å². The van der Waals surface area contributed by atoms with Gasteiger partial charge in [0.25, 0.3) is 5.91 Å². The summed E-state index contributed by atoms with van der Waals surface area (Å²) < 4.78 is 11.1. The fourth-order valence-corrected chi connectivity index (χ4v) is 3.23. The number of nitrogens with one attached hydrogen (secondary N) is 1. The standard InChI is InChI=1S/C20H20N2O4/c1-13-2-4-14(5-3-13)20(24)21-15-10-19(23)22(12-15)16-6-7-17-18(11-16)26-9-8-25-17/h2-7,11,15H,8-10,12H2,1H3,(H,21,24). The lowest BCUT2D eigenvalue weighted by atomic mass is 10.1. The van der Waals surface area contributed by atoms with E-state index >= 15 is 0 Å². The zero-order chi connectivity index (χ0) is 18.1. The van der Waals surface area contributed by atoms with Crippen LogP contribution in [0.5, 0.6) is 11.5 Å². The molecule has 26 heavy (non-hydrogen) atoms. The van der Waals surface area contributed by atoms with Crippen LogP contribution in [-0.4, -0.2) is 37.6 Å². The summed E-state index contributed by atoms with van der Waals surface area (Å²) in [6, 6.07) is 12.6. The molecule has 0 saturated carbocycles. The van der Waals surface area contributed by atoms with Crippen LogP contribution in [0.4, 0.5) is 5.69 Å². The molecule has 1 N–H and O–H groups in total. The summed E-state index contributed by atoms with van der Waals surface area (Å²) >= 11 is 0. The van der Waals surface area contributed by atoms with Crippen molar-refractivity contribution in [3.63, 3.8) is 0 Å². The van der Waals surface area contributed by atoms with Crippen molar-refractivity contribution in [2.45, 2.75) is 19.4 Å². The molecule has 2 aromatic rings. The van der Waals surface area contributed by atoms with Gasteiger partial charge in [-0.3, -0.25) is 9.59 Å². The number of rotatable bonds is 3. The molecular formula is C20H20N2O4. The molecule has 6 nitrogen and oxygen atoms in total. The summed E-state index contributed by atoms with van der Waals surface area (Å²) in [7, 11) is 0. The molecule has 0 spiro atoms. The van der Waals surface area contributed by atoms with Crippen molar-refractivity contribution in [1.29, 1.82) is 0 Å². The van der Waals surface area contributed by atoms with E-state index in [0.29, 0.717) is 36.8 Å². The van der Waals surface area contributed by atoms with E-state index in [0.717, 1.165) is 11.3 Å². The van der Waals surface area contributed by atoms with Crippen LogP contribution in [0.25, 0.3) is 0 Å². The van der Waals surface area contributed by atoms with Gasteiger partial charge in [-0.05, 0) is 31.2 Å². The van der Waals surface area contributed by atoms with E-state index in [1.165, 1.54) is 0 Å². The van der Waals surface area contributed by atoms with Gasteiger partial charge in [-0.1, -0.05) is 17.7 Å². The van der Waals surface area contributed by atoms with Gasteiger partial charge in [0.05, 0.1) is 6.04 Å². The highest BCUT2D eigenvalue weighted by Gasteiger charge is 2.32. The predicted molar refractivity (Wildman–Crippen MR) is 96.8 cm³/mol. The summed E-state index contributed by atoms with van der Waals surface area (Å²) in [6.07, 6.45) is 0.284. The fraction of sp³-hybridized carbons (Fsp3) is 0.300. The van der Waals surface area contributed by atoms with Crippen LogP contribution >= 0.6 is 0 Å². The highest BCUT2D eigenvalue weighted by Crippen LogP contribution is 2.35. The Labute approximate surface area is 151 Å². The van der Waals surface area contributed by atoms with Crippen molar-refractivity contribution in [1.82, 2.24) is 5.32 Å². The maximum Gasteiger partial charge on any atom is 0.251 e. The van der Waals surface area contributed by atoms with Crippen LogP contribution in [0.15, 0.2) is 42.5 Å². The highest BCUT2D eigenvalue weighted by molar-refractivity contribution is 5.99. The SMILES string of the molecule is Cc1ccc(C(=O)NC2CC(=O)N(c3ccc4c(c3)OCCO4)C2)cc1. The fourth-order valence-electron chi connectivity index (χ4n) is 3.23. The van der Waals surface area contributed by atoms with Crippen LogP contribution in [0.1, 0.15) is 22.3 Å². The Hall–Kier alpha value is -3.02. The number of carbonyl (C=O) groups excluding carboxylic acids is 2. The molecular weight excluding hydrogens is 332 g/mol. The highest BCUT2D eigenvalue weighted by atomic mass is 16.6. The molecule has 0 aromatic heterocycles. The van der Waals surface area contributed by atoms with E-state index in [-0.39, 0.29) is 24.3 Å². The number of nitrogens with zero attached hydrogens (tertiary/aromatic N) is 1. The first-order chi connectivity index (χ1) is 12.6. The summed E-state index contributed by atoms with van der Waals surface area (Å²) in [4.78, 5) is 26.5. The minimum atomic E-state index is -0.218. The molecule has 2 aliphatic heterocycles. The third-order valence-corrected chi connectivity index (χ3v) is 4.61. The quantitative estimate of drug-likeness (QED) is 0.920. The topological polar surface area (TPSA) is 67.9 Å². The van der Waals surface area contributed by atoms with E-state index in [9.17, 15) is 9.59 Å². The molecule has 1 fully saturated rings. The maximum atomic E-state index is 12.4. The molecule has 1 unspecified atom stereocenters. The van der Waals surface area contributed by atoms with Crippen LogP contribution in [0.3, 0.4) is 0 Å². The first-order valence-corrected chi connectivity index (χ1v) is 8.68. The van der Waals surface area contributed by atoms with Gasteiger partial charge < -0.3 is 19.7 Å². The number of fused-ring (bicyclic) bond motifs is 1. The van der Waals surface area contributed by atoms with Gasteiger partial charge >= 0.3 is 0 Å². The Balaban J connectivity index is 1.45. The van der Waals surface area contributed by atoms with Crippen molar-refractivity contribution < 1.29 is 19.1 Å². The number of benzene rings is 2. The Morgan fingerprint density at radius 1 is 1.08 bits per heavy atom. The third-order valence-electron chi connectivity index (χ3n) is 4.61. The first-order valence-electron chi connectivity index (χ1n) is 8.68. The number of anilines is 1. The number of ether oxygens (including phenoxy) is 2. The van der Waals surface area contributed by atoms with Gasteiger partial charge in [0.2, 0.25) is 5.91 Å². The average Bonchev–Trinajstić information content (AvgIpc) is 3.02. The summed E-state index contributed by atoms with van der Waals surface area (Å²) in [5.74, 6) is 1.16. The second-order valence-corrected chi connectivity index (χ2v) is 6.57. The van der Waals surface area contributed by atoms with Crippen LogP contribution in [0.2, 0.25) is 0 Å². The number of amides is 2. The lowest BCUT2D eigenvalue weighted by Crippen LogP contribution is -2.37. The maximum absolute atomic E-state index is 12.4. The van der Waals surface area contributed by atoms with Gasteiger partial charge in [0.1, 0.15) is 13.2 Å². The van der Waals surface area contributed by atoms with Gasteiger partial charge in [-0.25, -0.2) is 0 Å². The predicted octanol–water partition coefficient (Wildman–Crippen LogP) is 2.30. The van der Waals surface area contributed by atoms with E-state index in [1.54, 1.807) is 17.0 Å². The van der Waals surface area contributed by atoms with Gasteiger partial charge in [0, 0.05) is 30.3 Å². The second kappa shape index (κ2) is 6.71. The third kappa shape index (κ3) is 3.22. The molecule has 6 heteroatoms. The van der Waals surface area contributed by atoms with Gasteiger partial charge in [-0.2, -0.15) is 0 Å². The molecule has 1 saturated heterocycles. The number of aryl methyl sites for hydroxylation is 1. The van der Waals surface area contributed by atoms with E-state index in [1.807, 2.05) is 37.3 Å². The van der Waals surface area contributed by atoms with Crippen LogP contribution in [0, 0.1) is 6.92 Å². The average molecular weight is 352 g/mol. The molecule has 4 rings (SSSR count). The Morgan fingerprint density at radius 2 is 1.81 bits per heavy atom. The lowest BCUT2D eigenvalue weighted by molar-refractivity contribution is -0.117. The normalized spacial score (nSPS) is 18.7. The second-order valence-electron chi connectivity index (χ2n) is 6.57. The minimum Gasteiger partial charge on any atom is -0.486 e. The molecule has 2 aliphatic rings. The first kappa shape index (κ1) is 16.4. The molecule has 0 aliphatic carbocycles. The van der Waals surface area contributed by atoms with Crippen molar-refractivity contribution in [2.75, 3.05) is 24.7 Å². The van der Waals surface area contributed by atoms with Crippen LogP contribution in [-0.2, 0) is 4.79 Å². The minimum absolute atomic E-state index is 0.0177. The van der Waals surface area contributed by atoms with Crippen molar-refractivity contribution in [3.05, 3.63) is 53.6 Å². The lowest BCUT2D eigenvalue weighted by Gasteiger charge is -2.22. The summed E-state index contributed by atoms with van der Waals surface area (Å²) in [5, 5.41) is 2.95.